The van der Waals surface area contributed by atoms with Gasteiger partial charge in [0, 0.05) is 11.4 Å². The van der Waals surface area contributed by atoms with Gasteiger partial charge in [-0.2, -0.15) is 5.26 Å². The Morgan fingerprint density at radius 2 is 2.06 bits per heavy atom. The standard InChI is InChI=1S/C12H8F2N2S/c13-8-1-4-11(14)12(5-8)16-7-10-3-2-9(6-15)17-10/h1-5,16H,7H2. The molecule has 1 aromatic carbocycles. The van der Waals surface area contributed by atoms with Crippen LogP contribution in [-0.2, 0) is 6.54 Å². The number of thiophene rings is 1. The van der Waals surface area contributed by atoms with E-state index in [-0.39, 0.29) is 5.69 Å². The second-order valence-corrected chi connectivity index (χ2v) is 4.52. The summed E-state index contributed by atoms with van der Waals surface area (Å²) < 4.78 is 26.2. The average molecular weight is 250 g/mol. The predicted molar refractivity (Wildman–Crippen MR) is 62.7 cm³/mol. The van der Waals surface area contributed by atoms with Gasteiger partial charge in [0.05, 0.1) is 5.69 Å². The van der Waals surface area contributed by atoms with Gasteiger partial charge in [0.1, 0.15) is 22.6 Å². The molecule has 1 aromatic heterocycles. The molecule has 0 aliphatic carbocycles. The van der Waals surface area contributed by atoms with Crippen molar-refractivity contribution in [3.8, 4) is 6.07 Å². The molecule has 0 saturated heterocycles. The van der Waals surface area contributed by atoms with Crippen molar-refractivity contribution < 1.29 is 8.78 Å². The molecule has 0 aliphatic heterocycles. The van der Waals surface area contributed by atoms with Crippen LogP contribution in [0.2, 0.25) is 0 Å². The Morgan fingerprint density at radius 1 is 1.24 bits per heavy atom. The van der Waals surface area contributed by atoms with Crippen LogP contribution in [0.3, 0.4) is 0 Å². The zero-order chi connectivity index (χ0) is 12.3. The number of rotatable bonds is 3. The van der Waals surface area contributed by atoms with E-state index in [4.69, 9.17) is 5.26 Å². The molecule has 5 heteroatoms. The van der Waals surface area contributed by atoms with Gasteiger partial charge in [0.15, 0.2) is 0 Å². The number of nitrogens with zero attached hydrogens (tertiary/aromatic N) is 1. The van der Waals surface area contributed by atoms with Crippen molar-refractivity contribution >= 4 is 17.0 Å². The Hall–Kier alpha value is -1.93. The fraction of sp³-hybridized carbons (Fsp3) is 0.0833. The first-order valence-electron chi connectivity index (χ1n) is 4.87. The highest BCUT2D eigenvalue weighted by atomic mass is 32.1. The van der Waals surface area contributed by atoms with Gasteiger partial charge in [0.2, 0.25) is 0 Å². The van der Waals surface area contributed by atoms with Gasteiger partial charge in [-0.1, -0.05) is 0 Å². The van der Waals surface area contributed by atoms with E-state index in [1.807, 2.05) is 6.07 Å². The Balaban J connectivity index is 2.07. The molecule has 0 amide bonds. The molecule has 0 aliphatic rings. The third kappa shape index (κ3) is 2.80. The molecule has 0 atom stereocenters. The van der Waals surface area contributed by atoms with Crippen LogP contribution in [0, 0.1) is 23.0 Å². The topological polar surface area (TPSA) is 35.8 Å². The molecule has 1 N–H and O–H groups in total. The van der Waals surface area contributed by atoms with Crippen molar-refractivity contribution in [3.05, 3.63) is 51.7 Å². The number of anilines is 1. The molecule has 0 fully saturated rings. The summed E-state index contributed by atoms with van der Waals surface area (Å²) in [6.07, 6.45) is 0. The van der Waals surface area contributed by atoms with Gasteiger partial charge in [-0.25, -0.2) is 8.78 Å². The summed E-state index contributed by atoms with van der Waals surface area (Å²) in [6.45, 7) is 0.368. The van der Waals surface area contributed by atoms with Crippen molar-refractivity contribution in [1.29, 1.82) is 5.26 Å². The molecule has 0 radical (unpaired) electrons. The Morgan fingerprint density at radius 3 is 2.76 bits per heavy atom. The molecule has 0 saturated carbocycles. The van der Waals surface area contributed by atoms with Crippen LogP contribution in [0.1, 0.15) is 9.75 Å². The third-order valence-electron chi connectivity index (χ3n) is 2.15. The van der Waals surface area contributed by atoms with E-state index in [0.29, 0.717) is 11.4 Å². The van der Waals surface area contributed by atoms with E-state index in [1.54, 1.807) is 12.1 Å². The highest BCUT2D eigenvalue weighted by molar-refractivity contribution is 7.12. The van der Waals surface area contributed by atoms with Crippen LogP contribution in [0.4, 0.5) is 14.5 Å². The zero-order valence-electron chi connectivity index (χ0n) is 8.71. The zero-order valence-corrected chi connectivity index (χ0v) is 9.52. The summed E-state index contributed by atoms with van der Waals surface area (Å²) in [4.78, 5) is 1.49. The summed E-state index contributed by atoms with van der Waals surface area (Å²) in [7, 11) is 0. The van der Waals surface area contributed by atoms with Gasteiger partial charge < -0.3 is 5.32 Å². The highest BCUT2D eigenvalue weighted by Gasteiger charge is 2.04. The van der Waals surface area contributed by atoms with Crippen LogP contribution >= 0.6 is 11.3 Å². The van der Waals surface area contributed by atoms with Crippen LogP contribution in [0.5, 0.6) is 0 Å². The van der Waals surface area contributed by atoms with Crippen molar-refractivity contribution in [3.63, 3.8) is 0 Å². The minimum Gasteiger partial charge on any atom is -0.378 e. The van der Waals surface area contributed by atoms with Crippen LogP contribution in [0.25, 0.3) is 0 Å². The van der Waals surface area contributed by atoms with E-state index < -0.39 is 11.6 Å². The van der Waals surface area contributed by atoms with Gasteiger partial charge >= 0.3 is 0 Å². The first-order valence-corrected chi connectivity index (χ1v) is 5.68. The maximum absolute atomic E-state index is 13.3. The molecule has 0 bridgehead atoms. The van der Waals surface area contributed by atoms with E-state index in [0.717, 1.165) is 23.1 Å². The monoisotopic (exact) mass is 250 g/mol. The second-order valence-electron chi connectivity index (χ2n) is 3.36. The molecule has 0 unspecified atom stereocenters. The van der Waals surface area contributed by atoms with E-state index in [9.17, 15) is 8.78 Å². The fourth-order valence-corrected chi connectivity index (χ4v) is 2.09. The SMILES string of the molecule is N#Cc1ccc(CNc2cc(F)ccc2F)s1. The molecule has 1 heterocycles. The molecule has 86 valence electrons. The normalized spacial score (nSPS) is 9.94. The molecular weight excluding hydrogens is 242 g/mol. The Bertz CT molecular complexity index is 572. The van der Waals surface area contributed by atoms with Crippen LogP contribution in [0.15, 0.2) is 30.3 Å². The van der Waals surface area contributed by atoms with Crippen LogP contribution in [-0.4, -0.2) is 0 Å². The lowest BCUT2D eigenvalue weighted by atomic mass is 10.3. The van der Waals surface area contributed by atoms with Crippen molar-refractivity contribution in [2.24, 2.45) is 0 Å². The summed E-state index contributed by atoms with van der Waals surface area (Å²) in [5.74, 6) is -0.985. The largest absolute Gasteiger partial charge is 0.378 e. The van der Waals surface area contributed by atoms with Gasteiger partial charge in [-0.15, -0.1) is 11.3 Å². The van der Waals surface area contributed by atoms with E-state index in [2.05, 4.69) is 5.32 Å². The summed E-state index contributed by atoms with van der Waals surface area (Å²) in [5, 5.41) is 11.4. The lowest BCUT2D eigenvalue weighted by Gasteiger charge is -2.05. The third-order valence-corrected chi connectivity index (χ3v) is 3.14. The number of nitriles is 1. The molecule has 0 spiro atoms. The van der Waals surface area contributed by atoms with E-state index >= 15 is 0 Å². The summed E-state index contributed by atoms with van der Waals surface area (Å²) in [6, 6.07) is 8.76. The predicted octanol–water partition coefficient (Wildman–Crippen LogP) is 3.51. The maximum Gasteiger partial charge on any atom is 0.146 e. The Labute approximate surface area is 101 Å². The van der Waals surface area contributed by atoms with Crippen molar-refractivity contribution in [1.82, 2.24) is 0 Å². The lowest BCUT2D eigenvalue weighted by Crippen LogP contribution is -2.00. The number of halogens is 2. The van der Waals surface area contributed by atoms with E-state index in [1.165, 1.54) is 11.3 Å². The van der Waals surface area contributed by atoms with Crippen LogP contribution < -0.4 is 5.32 Å². The number of benzene rings is 1. The van der Waals surface area contributed by atoms with Crippen molar-refractivity contribution in [2.45, 2.75) is 6.54 Å². The summed E-state index contributed by atoms with van der Waals surface area (Å²) in [5.41, 5.74) is 0.122. The highest BCUT2D eigenvalue weighted by Crippen LogP contribution is 2.19. The lowest BCUT2D eigenvalue weighted by molar-refractivity contribution is 0.602. The number of nitrogens with one attached hydrogen (secondary N) is 1. The first kappa shape index (κ1) is 11.6. The van der Waals surface area contributed by atoms with Gasteiger partial charge in [-0.3, -0.25) is 0 Å². The summed E-state index contributed by atoms with van der Waals surface area (Å²) >= 11 is 1.32. The quantitative estimate of drug-likeness (QED) is 0.904. The Kier molecular flexibility index (Phi) is 3.35. The molecule has 2 aromatic rings. The van der Waals surface area contributed by atoms with Gasteiger partial charge in [0.25, 0.3) is 0 Å². The molecule has 2 rings (SSSR count). The number of hydrogen-bond acceptors (Lipinski definition) is 3. The first-order chi connectivity index (χ1) is 8.19. The average Bonchev–Trinajstić information content (AvgIpc) is 2.78. The minimum absolute atomic E-state index is 0.122. The smallest absolute Gasteiger partial charge is 0.146 e. The molecule has 2 nitrogen and oxygen atoms in total. The molecule has 17 heavy (non-hydrogen) atoms. The second kappa shape index (κ2) is 4.93. The minimum atomic E-state index is -0.497. The maximum atomic E-state index is 13.3. The van der Waals surface area contributed by atoms with Gasteiger partial charge in [-0.05, 0) is 30.3 Å². The number of hydrogen-bond donors (Lipinski definition) is 1. The van der Waals surface area contributed by atoms with Crippen molar-refractivity contribution in [2.75, 3.05) is 5.32 Å². The fourth-order valence-electron chi connectivity index (χ4n) is 1.35. The molecular formula is C12H8F2N2S.